The number of carbonyl (C=O) groups is 1. The molecule has 26 heavy (non-hydrogen) atoms. The maximum absolute atomic E-state index is 12.7. The summed E-state index contributed by atoms with van der Waals surface area (Å²) in [5.41, 5.74) is 3.57. The van der Waals surface area contributed by atoms with Gasteiger partial charge in [0.05, 0.1) is 5.69 Å². The summed E-state index contributed by atoms with van der Waals surface area (Å²) in [7, 11) is 0. The Balaban J connectivity index is 1.52. The van der Waals surface area contributed by atoms with Crippen molar-refractivity contribution in [3.05, 3.63) is 17.0 Å². The van der Waals surface area contributed by atoms with Crippen LogP contribution in [0.4, 0.5) is 0 Å². The molecule has 0 aliphatic carbocycles. The van der Waals surface area contributed by atoms with Gasteiger partial charge in [0.2, 0.25) is 5.91 Å². The molecule has 3 heterocycles. The molecule has 2 aliphatic heterocycles. The van der Waals surface area contributed by atoms with E-state index in [4.69, 9.17) is 0 Å². The molecule has 0 aromatic carbocycles. The highest BCUT2D eigenvalue weighted by Crippen LogP contribution is 2.20. The van der Waals surface area contributed by atoms with Crippen LogP contribution in [0, 0.1) is 19.8 Å². The van der Waals surface area contributed by atoms with E-state index in [9.17, 15) is 4.79 Å². The van der Waals surface area contributed by atoms with Crippen molar-refractivity contribution in [1.29, 1.82) is 0 Å². The fourth-order valence-corrected chi connectivity index (χ4v) is 4.32. The van der Waals surface area contributed by atoms with E-state index in [-0.39, 0.29) is 0 Å². The molecule has 1 unspecified atom stereocenters. The highest BCUT2D eigenvalue weighted by molar-refractivity contribution is 5.76. The number of aromatic nitrogens is 2. The Bertz CT molecular complexity index is 618. The molecule has 1 N–H and O–H groups in total. The molecule has 0 radical (unpaired) electrons. The summed E-state index contributed by atoms with van der Waals surface area (Å²) in [5, 5.41) is 8.08. The lowest BCUT2D eigenvalue weighted by atomic mass is 10.1. The third kappa shape index (κ3) is 4.46. The number of hydrogen-bond acceptors (Lipinski definition) is 4. The molecule has 1 atom stereocenters. The molecule has 0 spiro atoms. The number of amides is 1. The summed E-state index contributed by atoms with van der Waals surface area (Å²) in [6.07, 6.45) is 2.53. The number of hydrogen-bond donors (Lipinski definition) is 1. The average Bonchev–Trinajstić information content (AvgIpc) is 3.20. The van der Waals surface area contributed by atoms with Gasteiger partial charge in [0.1, 0.15) is 0 Å². The van der Waals surface area contributed by atoms with E-state index < -0.39 is 0 Å². The Labute approximate surface area is 157 Å². The van der Waals surface area contributed by atoms with E-state index in [1.807, 2.05) is 0 Å². The zero-order chi connectivity index (χ0) is 18.7. The minimum Gasteiger partial charge on any atom is -0.341 e. The summed E-state index contributed by atoms with van der Waals surface area (Å²) < 4.78 is 2.11. The quantitative estimate of drug-likeness (QED) is 0.836. The second-order valence-corrected chi connectivity index (χ2v) is 8.29. The van der Waals surface area contributed by atoms with Gasteiger partial charge in [-0.3, -0.25) is 14.4 Å². The second kappa shape index (κ2) is 8.53. The second-order valence-electron chi connectivity index (χ2n) is 8.29. The van der Waals surface area contributed by atoms with Crippen molar-refractivity contribution in [2.45, 2.75) is 59.5 Å². The Morgan fingerprint density at radius 2 is 1.96 bits per heavy atom. The first kappa shape index (κ1) is 19.4. The van der Waals surface area contributed by atoms with E-state index in [2.05, 4.69) is 52.6 Å². The molecule has 1 aromatic heterocycles. The standard InChI is InChI=1S/C20H35N5O/c1-15(2)13-25-17(4)19(16(3)22-25)5-6-20(26)24-10-7-18(14-24)23-11-8-21-9-12-23/h15,18,21H,5-14H2,1-4H3. The summed E-state index contributed by atoms with van der Waals surface area (Å²) in [6.45, 7) is 15.8. The maximum atomic E-state index is 12.7. The van der Waals surface area contributed by atoms with Gasteiger partial charge in [-0.15, -0.1) is 0 Å². The summed E-state index contributed by atoms with van der Waals surface area (Å²) in [4.78, 5) is 17.4. The van der Waals surface area contributed by atoms with Crippen LogP contribution in [0.5, 0.6) is 0 Å². The number of likely N-dealkylation sites (tertiary alicyclic amines) is 1. The van der Waals surface area contributed by atoms with Crippen LogP contribution < -0.4 is 5.32 Å². The molecular weight excluding hydrogens is 326 g/mol. The Kier molecular flexibility index (Phi) is 6.35. The van der Waals surface area contributed by atoms with Gasteiger partial charge in [0.25, 0.3) is 0 Å². The normalized spacial score (nSPS) is 21.7. The SMILES string of the molecule is Cc1nn(CC(C)C)c(C)c1CCC(=O)N1CCC(N2CCNCC2)C1. The van der Waals surface area contributed by atoms with Crippen molar-refractivity contribution in [1.82, 2.24) is 24.9 Å². The monoisotopic (exact) mass is 361 g/mol. The van der Waals surface area contributed by atoms with Gasteiger partial charge in [-0.05, 0) is 38.2 Å². The Hall–Kier alpha value is -1.40. The first-order valence-corrected chi connectivity index (χ1v) is 10.2. The Morgan fingerprint density at radius 1 is 1.23 bits per heavy atom. The van der Waals surface area contributed by atoms with Crippen LogP contribution in [-0.4, -0.2) is 70.8 Å². The van der Waals surface area contributed by atoms with Gasteiger partial charge in [0, 0.05) is 64.0 Å². The van der Waals surface area contributed by atoms with E-state index in [1.54, 1.807) is 0 Å². The van der Waals surface area contributed by atoms with Gasteiger partial charge >= 0.3 is 0 Å². The smallest absolute Gasteiger partial charge is 0.222 e. The van der Waals surface area contributed by atoms with Gasteiger partial charge in [-0.1, -0.05) is 13.8 Å². The summed E-state index contributed by atoms with van der Waals surface area (Å²) in [6, 6.07) is 0.554. The van der Waals surface area contributed by atoms with E-state index in [0.29, 0.717) is 24.3 Å². The van der Waals surface area contributed by atoms with Gasteiger partial charge in [0.15, 0.2) is 0 Å². The predicted octanol–water partition coefficient (Wildman–Crippen LogP) is 1.59. The van der Waals surface area contributed by atoms with Crippen molar-refractivity contribution < 1.29 is 4.79 Å². The number of aryl methyl sites for hydroxylation is 1. The minimum atomic E-state index is 0.304. The number of rotatable bonds is 6. The molecule has 3 rings (SSSR count). The van der Waals surface area contributed by atoms with Crippen LogP contribution in [-0.2, 0) is 17.8 Å². The highest BCUT2D eigenvalue weighted by Gasteiger charge is 2.30. The number of piperazine rings is 1. The minimum absolute atomic E-state index is 0.304. The highest BCUT2D eigenvalue weighted by atomic mass is 16.2. The van der Waals surface area contributed by atoms with Crippen LogP contribution >= 0.6 is 0 Å². The molecule has 2 fully saturated rings. The van der Waals surface area contributed by atoms with Gasteiger partial charge in [-0.25, -0.2) is 0 Å². The molecule has 2 saturated heterocycles. The summed E-state index contributed by atoms with van der Waals surface area (Å²) >= 11 is 0. The topological polar surface area (TPSA) is 53.4 Å². The molecule has 1 amide bonds. The van der Waals surface area contributed by atoms with Crippen molar-refractivity contribution in [2.75, 3.05) is 39.3 Å². The third-order valence-electron chi connectivity index (χ3n) is 5.84. The third-order valence-corrected chi connectivity index (χ3v) is 5.84. The lowest BCUT2D eigenvalue weighted by Gasteiger charge is -2.32. The van der Waals surface area contributed by atoms with Crippen LogP contribution in [0.3, 0.4) is 0 Å². The predicted molar refractivity (Wildman–Crippen MR) is 104 cm³/mol. The molecule has 0 saturated carbocycles. The Morgan fingerprint density at radius 3 is 2.65 bits per heavy atom. The van der Waals surface area contributed by atoms with Crippen molar-refractivity contribution in [3.63, 3.8) is 0 Å². The van der Waals surface area contributed by atoms with E-state index in [0.717, 1.165) is 64.3 Å². The molecule has 6 heteroatoms. The fourth-order valence-electron chi connectivity index (χ4n) is 4.32. The lowest BCUT2D eigenvalue weighted by Crippen LogP contribution is -2.49. The van der Waals surface area contributed by atoms with Gasteiger partial charge < -0.3 is 10.2 Å². The van der Waals surface area contributed by atoms with E-state index in [1.165, 1.54) is 11.3 Å². The number of carbonyl (C=O) groups excluding carboxylic acids is 1. The lowest BCUT2D eigenvalue weighted by molar-refractivity contribution is -0.130. The van der Waals surface area contributed by atoms with Crippen LogP contribution in [0.15, 0.2) is 0 Å². The zero-order valence-electron chi connectivity index (χ0n) is 16.9. The van der Waals surface area contributed by atoms with Crippen LogP contribution in [0.1, 0.15) is 43.6 Å². The maximum Gasteiger partial charge on any atom is 0.222 e. The van der Waals surface area contributed by atoms with Crippen molar-refractivity contribution in [3.8, 4) is 0 Å². The van der Waals surface area contributed by atoms with E-state index >= 15 is 0 Å². The van der Waals surface area contributed by atoms with Crippen LogP contribution in [0.2, 0.25) is 0 Å². The summed E-state index contributed by atoms with van der Waals surface area (Å²) in [5.74, 6) is 0.882. The van der Waals surface area contributed by atoms with Crippen LogP contribution in [0.25, 0.3) is 0 Å². The van der Waals surface area contributed by atoms with Gasteiger partial charge in [-0.2, -0.15) is 5.10 Å². The number of nitrogens with zero attached hydrogens (tertiary/aromatic N) is 4. The first-order valence-electron chi connectivity index (χ1n) is 10.2. The molecule has 2 aliphatic rings. The molecule has 6 nitrogen and oxygen atoms in total. The largest absolute Gasteiger partial charge is 0.341 e. The molecule has 146 valence electrons. The van der Waals surface area contributed by atoms with Crippen molar-refractivity contribution in [2.24, 2.45) is 5.92 Å². The number of nitrogens with one attached hydrogen (secondary N) is 1. The first-order chi connectivity index (χ1) is 12.5. The molecular formula is C20H35N5O. The molecule has 0 bridgehead atoms. The fraction of sp³-hybridized carbons (Fsp3) is 0.800. The molecule has 1 aromatic rings. The average molecular weight is 362 g/mol. The van der Waals surface area contributed by atoms with Crippen molar-refractivity contribution >= 4 is 5.91 Å². The zero-order valence-corrected chi connectivity index (χ0v) is 16.9.